The number of carboxylic acid groups (broad SMARTS) is 1. The molecule has 2 rings (SSSR count). The lowest BCUT2D eigenvalue weighted by Crippen LogP contribution is -2.33. The summed E-state index contributed by atoms with van der Waals surface area (Å²) in [5.74, 6) is -0.607. The molecule has 0 bridgehead atoms. The Kier molecular flexibility index (Phi) is 4.71. The van der Waals surface area contributed by atoms with Gasteiger partial charge in [0, 0.05) is 18.7 Å². The van der Waals surface area contributed by atoms with Gasteiger partial charge < -0.3 is 14.8 Å². The fourth-order valence-electron chi connectivity index (χ4n) is 1.87. The van der Waals surface area contributed by atoms with Crippen LogP contribution in [0.15, 0.2) is 41.1 Å². The van der Waals surface area contributed by atoms with Crippen LogP contribution in [0.2, 0.25) is 0 Å². The second kappa shape index (κ2) is 6.69. The lowest BCUT2D eigenvalue weighted by molar-refractivity contribution is 0.0696. The first-order valence-corrected chi connectivity index (χ1v) is 6.59. The number of hydrogen-bond donors (Lipinski definition) is 2. The van der Waals surface area contributed by atoms with E-state index in [0.29, 0.717) is 0 Å². The number of rotatable bonds is 6. The molecule has 0 aliphatic heterocycles. The van der Waals surface area contributed by atoms with E-state index in [1.54, 1.807) is 6.26 Å². The van der Waals surface area contributed by atoms with Gasteiger partial charge in [-0.3, -0.25) is 9.78 Å². The van der Waals surface area contributed by atoms with Gasteiger partial charge in [-0.15, -0.1) is 0 Å². The first kappa shape index (κ1) is 14.8. The van der Waals surface area contributed by atoms with Crippen molar-refractivity contribution in [3.63, 3.8) is 0 Å². The molecule has 1 unspecified atom stereocenters. The Morgan fingerprint density at radius 3 is 2.90 bits per heavy atom. The summed E-state index contributed by atoms with van der Waals surface area (Å²) in [5.41, 5.74) is 0.137. The zero-order chi connectivity index (χ0) is 15.2. The minimum atomic E-state index is -1.09. The van der Waals surface area contributed by atoms with Crippen molar-refractivity contribution in [1.29, 1.82) is 0 Å². The minimum absolute atomic E-state index is 0.0402. The number of pyridine rings is 1. The maximum Gasteiger partial charge on any atom is 0.335 e. The highest BCUT2D eigenvalue weighted by Crippen LogP contribution is 2.07. The number of furan rings is 1. The predicted octanol–water partition coefficient (Wildman–Crippen LogP) is 2.12. The fraction of sp³-hybridized carbons (Fsp3) is 0.267. The summed E-state index contributed by atoms with van der Waals surface area (Å²) in [7, 11) is 0. The first-order chi connectivity index (χ1) is 10.1. The molecule has 2 aromatic heterocycles. The Hall–Kier alpha value is -2.63. The average Bonchev–Trinajstić information content (AvgIpc) is 2.98. The van der Waals surface area contributed by atoms with Gasteiger partial charge >= 0.3 is 5.97 Å². The average molecular weight is 288 g/mol. The number of amides is 1. The van der Waals surface area contributed by atoms with Crippen molar-refractivity contribution < 1.29 is 19.1 Å². The van der Waals surface area contributed by atoms with E-state index in [1.807, 2.05) is 19.1 Å². The Balaban J connectivity index is 1.91. The number of carboxylic acids is 1. The third-order valence-corrected chi connectivity index (χ3v) is 3.02. The van der Waals surface area contributed by atoms with Crippen molar-refractivity contribution in [1.82, 2.24) is 10.3 Å². The second-order valence-electron chi connectivity index (χ2n) is 4.73. The van der Waals surface area contributed by atoms with E-state index in [9.17, 15) is 9.59 Å². The van der Waals surface area contributed by atoms with Crippen LogP contribution >= 0.6 is 0 Å². The number of aromatic nitrogens is 1. The normalized spacial score (nSPS) is 11.9. The van der Waals surface area contributed by atoms with Crippen molar-refractivity contribution in [2.75, 3.05) is 0 Å². The van der Waals surface area contributed by atoms with Crippen LogP contribution < -0.4 is 5.32 Å². The summed E-state index contributed by atoms with van der Waals surface area (Å²) < 4.78 is 5.23. The summed E-state index contributed by atoms with van der Waals surface area (Å²) in [6, 6.07) is 6.24. The SMILES string of the molecule is CC(CCc1ccco1)NC(=O)c1cc(C(=O)O)ccn1. The number of carbonyl (C=O) groups excluding carboxylic acids is 1. The lowest BCUT2D eigenvalue weighted by Gasteiger charge is -2.12. The van der Waals surface area contributed by atoms with Crippen LogP contribution in [-0.2, 0) is 6.42 Å². The monoisotopic (exact) mass is 288 g/mol. The standard InChI is InChI=1S/C15H16N2O4/c1-10(4-5-12-3-2-8-21-12)17-14(18)13-9-11(15(19)20)6-7-16-13/h2-3,6-10H,4-5H2,1H3,(H,17,18)(H,19,20). The summed E-state index contributed by atoms with van der Waals surface area (Å²) in [6.07, 6.45) is 4.36. The molecular weight excluding hydrogens is 272 g/mol. The zero-order valence-corrected chi connectivity index (χ0v) is 11.6. The van der Waals surface area contributed by atoms with E-state index in [-0.39, 0.29) is 23.2 Å². The molecule has 0 aliphatic carbocycles. The third-order valence-electron chi connectivity index (χ3n) is 3.02. The minimum Gasteiger partial charge on any atom is -0.478 e. The van der Waals surface area contributed by atoms with Crippen molar-refractivity contribution >= 4 is 11.9 Å². The van der Waals surface area contributed by atoms with Crippen molar-refractivity contribution in [3.05, 3.63) is 53.7 Å². The highest BCUT2D eigenvalue weighted by atomic mass is 16.4. The van der Waals surface area contributed by atoms with E-state index in [0.717, 1.165) is 18.6 Å². The van der Waals surface area contributed by atoms with E-state index >= 15 is 0 Å². The van der Waals surface area contributed by atoms with Crippen LogP contribution in [0.3, 0.4) is 0 Å². The van der Waals surface area contributed by atoms with Gasteiger partial charge in [-0.1, -0.05) is 0 Å². The summed E-state index contributed by atoms with van der Waals surface area (Å²) >= 11 is 0. The van der Waals surface area contributed by atoms with Crippen LogP contribution in [0.4, 0.5) is 0 Å². The largest absolute Gasteiger partial charge is 0.478 e. The smallest absolute Gasteiger partial charge is 0.335 e. The van der Waals surface area contributed by atoms with E-state index < -0.39 is 5.97 Å². The van der Waals surface area contributed by atoms with Crippen LogP contribution in [-0.4, -0.2) is 28.0 Å². The molecule has 0 aliphatic rings. The molecule has 0 fully saturated rings. The molecule has 1 atom stereocenters. The molecule has 0 saturated carbocycles. The fourth-order valence-corrected chi connectivity index (χ4v) is 1.87. The van der Waals surface area contributed by atoms with Crippen LogP contribution in [0.5, 0.6) is 0 Å². The van der Waals surface area contributed by atoms with Gasteiger partial charge in [0.05, 0.1) is 11.8 Å². The molecule has 6 nitrogen and oxygen atoms in total. The Morgan fingerprint density at radius 2 is 2.24 bits per heavy atom. The highest BCUT2D eigenvalue weighted by Gasteiger charge is 2.13. The predicted molar refractivity (Wildman–Crippen MR) is 75.2 cm³/mol. The Bertz CT molecular complexity index is 622. The summed E-state index contributed by atoms with van der Waals surface area (Å²) in [4.78, 5) is 26.8. The van der Waals surface area contributed by atoms with Crippen LogP contribution in [0.25, 0.3) is 0 Å². The number of hydrogen-bond acceptors (Lipinski definition) is 4. The van der Waals surface area contributed by atoms with Gasteiger partial charge in [0.25, 0.3) is 5.91 Å². The zero-order valence-electron chi connectivity index (χ0n) is 11.6. The molecule has 2 aromatic rings. The summed E-state index contributed by atoms with van der Waals surface area (Å²) in [5, 5.41) is 11.7. The molecule has 110 valence electrons. The van der Waals surface area contributed by atoms with Gasteiger partial charge in [-0.25, -0.2) is 4.79 Å². The molecule has 21 heavy (non-hydrogen) atoms. The molecule has 0 radical (unpaired) electrons. The quantitative estimate of drug-likeness (QED) is 0.849. The molecule has 2 heterocycles. The maximum absolute atomic E-state index is 12.0. The van der Waals surface area contributed by atoms with Gasteiger partial charge in [-0.05, 0) is 37.6 Å². The number of nitrogens with zero attached hydrogens (tertiary/aromatic N) is 1. The Labute approximate surface area is 121 Å². The molecular formula is C15H16N2O4. The highest BCUT2D eigenvalue weighted by molar-refractivity contribution is 5.95. The van der Waals surface area contributed by atoms with Gasteiger partial charge in [-0.2, -0.15) is 0 Å². The topological polar surface area (TPSA) is 92.4 Å². The molecule has 6 heteroatoms. The summed E-state index contributed by atoms with van der Waals surface area (Å²) in [6.45, 7) is 1.88. The number of nitrogens with one attached hydrogen (secondary N) is 1. The van der Waals surface area contributed by atoms with E-state index in [2.05, 4.69) is 10.3 Å². The molecule has 0 spiro atoms. The Morgan fingerprint density at radius 1 is 1.43 bits per heavy atom. The van der Waals surface area contributed by atoms with Crippen molar-refractivity contribution in [2.45, 2.75) is 25.8 Å². The first-order valence-electron chi connectivity index (χ1n) is 6.59. The molecule has 1 amide bonds. The van der Waals surface area contributed by atoms with Crippen molar-refractivity contribution in [3.8, 4) is 0 Å². The number of carbonyl (C=O) groups is 2. The van der Waals surface area contributed by atoms with Crippen LogP contribution in [0, 0.1) is 0 Å². The number of aryl methyl sites for hydroxylation is 1. The van der Waals surface area contributed by atoms with Gasteiger partial charge in [0.2, 0.25) is 0 Å². The third kappa shape index (κ3) is 4.17. The molecule has 0 aromatic carbocycles. The van der Waals surface area contributed by atoms with Gasteiger partial charge in [0.1, 0.15) is 11.5 Å². The van der Waals surface area contributed by atoms with Crippen LogP contribution in [0.1, 0.15) is 40.0 Å². The number of aromatic carboxylic acids is 1. The molecule has 2 N–H and O–H groups in total. The second-order valence-corrected chi connectivity index (χ2v) is 4.73. The molecule has 0 saturated heterocycles. The van der Waals surface area contributed by atoms with E-state index in [4.69, 9.17) is 9.52 Å². The van der Waals surface area contributed by atoms with Crippen molar-refractivity contribution in [2.24, 2.45) is 0 Å². The maximum atomic E-state index is 12.0. The van der Waals surface area contributed by atoms with Gasteiger partial charge in [0.15, 0.2) is 0 Å². The lowest BCUT2D eigenvalue weighted by atomic mass is 10.1. The van der Waals surface area contributed by atoms with E-state index in [1.165, 1.54) is 18.3 Å².